The van der Waals surface area contributed by atoms with E-state index >= 15 is 0 Å². The molecule has 0 saturated heterocycles. The Morgan fingerprint density at radius 3 is 2.04 bits per heavy atom. The maximum absolute atomic E-state index is 2.36. The van der Waals surface area contributed by atoms with Crippen molar-refractivity contribution in [1.29, 1.82) is 0 Å². The van der Waals surface area contributed by atoms with E-state index in [1.807, 2.05) is 0 Å². The maximum atomic E-state index is 2.36. The molecule has 0 aliphatic heterocycles. The van der Waals surface area contributed by atoms with Gasteiger partial charge in [0, 0.05) is 0 Å². The summed E-state index contributed by atoms with van der Waals surface area (Å²) in [6, 6.07) is 20.5. The average Bonchev–Trinajstić information content (AvgIpc) is 2.57. The van der Waals surface area contributed by atoms with Gasteiger partial charge >= 0.3 is 0 Å². The highest BCUT2D eigenvalue weighted by Crippen LogP contribution is 2.27. The van der Waals surface area contributed by atoms with Gasteiger partial charge in [-0.15, -0.1) is 0 Å². The molecule has 0 aromatic heterocycles. The first-order valence-corrected chi connectivity index (χ1v) is 9.17. The Labute approximate surface area is 152 Å². The molecule has 128 valence electrons. The molecule has 0 nitrogen and oxygen atoms in total. The van der Waals surface area contributed by atoms with Crippen molar-refractivity contribution in [2.45, 2.75) is 47.5 Å². The minimum atomic E-state index is 1.10. The highest BCUT2D eigenvalue weighted by molar-refractivity contribution is 5.68. The Bertz CT molecular complexity index is 900. The molecule has 0 unspecified atom stereocenters. The molecule has 0 heterocycles. The third kappa shape index (κ3) is 4.02. The van der Waals surface area contributed by atoms with Crippen molar-refractivity contribution in [2.75, 3.05) is 0 Å². The van der Waals surface area contributed by atoms with E-state index in [0.29, 0.717) is 0 Å². The second-order valence-corrected chi connectivity index (χ2v) is 7.38. The van der Waals surface area contributed by atoms with Crippen LogP contribution in [0.1, 0.15) is 38.9 Å². The zero-order valence-corrected chi connectivity index (χ0v) is 16.1. The van der Waals surface area contributed by atoms with Crippen LogP contribution in [0.4, 0.5) is 0 Å². The van der Waals surface area contributed by atoms with Crippen LogP contribution < -0.4 is 0 Å². The Morgan fingerprint density at radius 1 is 0.560 bits per heavy atom. The molecule has 25 heavy (non-hydrogen) atoms. The number of rotatable bonds is 4. The van der Waals surface area contributed by atoms with Crippen LogP contribution in [0.2, 0.25) is 0 Å². The normalized spacial score (nSPS) is 10.9. The molecule has 0 radical (unpaired) electrons. The van der Waals surface area contributed by atoms with E-state index in [1.165, 1.54) is 50.1 Å². The molecule has 0 aliphatic carbocycles. The predicted octanol–water partition coefficient (Wildman–Crippen LogP) is 6.68. The standard InChI is InChI=1S/C25H28/c1-17-6-10-23(20(4)14-17)12-8-22-9-13-25(21(5)15-22)24-11-7-18(2)19(3)16-24/h6-7,9-11,13-16H,8,12H2,1-5H3. The first-order valence-electron chi connectivity index (χ1n) is 9.17. The fraction of sp³-hybridized carbons (Fsp3) is 0.280. The van der Waals surface area contributed by atoms with Gasteiger partial charge in [0.1, 0.15) is 0 Å². The monoisotopic (exact) mass is 328 g/mol. The molecule has 0 N–H and O–H groups in total. The number of benzene rings is 3. The van der Waals surface area contributed by atoms with Crippen LogP contribution in [0.25, 0.3) is 11.1 Å². The molecule has 0 aliphatic rings. The molecule has 0 atom stereocenters. The van der Waals surface area contributed by atoms with Crippen molar-refractivity contribution in [2.24, 2.45) is 0 Å². The van der Waals surface area contributed by atoms with Crippen molar-refractivity contribution in [3.63, 3.8) is 0 Å². The highest BCUT2D eigenvalue weighted by atomic mass is 14.1. The Hall–Kier alpha value is -2.34. The number of hydrogen-bond donors (Lipinski definition) is 0. The van der Waals surface area contributed by atoms with E-state index in [9.17, 15) is 0 Å². The molecule has 0 fully saturated rings. The highest BCUT2D eigenvalue weighted by Gasteiger charge is 2.06. The van der Waals surface area contributed by atoms with Gasteiger partial charge in [-0.1, -0.05) is 60.2 Å². The second-order valence-electron chi connectivity index (χ2n) is 7.38. The van der Waals surface area contributed by atoms with Gasteiger partial charge in [0.05, 0.1) is 0 Å². The van der Waals surface area contributed by atoms with E-state index in [1.54, 1.807) is 0 Å². The summed E-state index contributed by atoms with van der Waals surface area (Å²) in [5.74, 6) is 0. The van der Waals surface area contributed by atoms with Crippen molar-refractivity contribution < 1.29 is 0 Å². The van der Waals surface area contributed by atoms with Crippen LogP contribution in [-0.4, -0.2) is 0 Å². The van der Waals surface area contributed by atoms with Crippen molar-refractivity contribution in [1.82, 2.24) is 0 Å². The predicted molar refractivity (Wildman–Crippen MR) is 109 cm³/mol. The molecular weight excluding hydrogens is 300 g/mol. The maximum Gasteiger partial charge on any atom is -0.0154 e. The first kappa shape index (κ1) is 17.5. The third-order valence-electron chi connectivity index (χ3n) is 5.29. The van der Waals surface area contributed by atoms with Gasteiger partial charge in [-0.25, -0.2) is 0 Å². The molecular formula is C25H28. The largest absolute Gasteiger partial charge is 0.0590 e. The van der Waals surface area contributed by atoms with Gasteiger partial charge in [-0.3, -0.25) is 0 Å². The van der Waals surface area contributed by atoms with Crippen molar-refractivity contribution >= 4 is 0 Å². The lowest BCUT2D eigenvalue weighted by Crippen LogP contribution is -1.96. The fourth-order valence-electron chi connectivity index (χ4n) is 3.52. The summed E-state index contributed by atoms with van der Waals surface area (Å²) in [4.78, 5) is 0. The molecule has 0 spiro atoms. The van der Waals surface area contributed by atoms with Crippen LogP contribution >= 0.6 is 0 Å². The first-order chi connectivity index (χ1) is 11.9. The van der Waals surface area contributed by atoms with Crippen LogP contribution in [0.15, 0.2) is 54.6 Å². The lowest BCUT2D eigenvalue weighted by atomic mass is 9.93. The average molecular weight is 328 g/mol. The fourth-order valence-corrected chi connectivity index (χ4v) is 3.52. The van der Waals surface area contributed by atoms with E-state index in [0.717, 1.165) is 12.8 Å². The summed E-state index contributed by atoms with van der Waals surface area (Å²) < 4.78 is 0. The smallest absolute Gasteiger partial charge is 0.0154 e. The Balaban J connectivity index is 1.78. The van der Waals surface area contributed by atoms with Crippen LogP contribution in [0.3, 0.4) is 0 Å². The van der Waals surface area contributed by atoms with Gasteiger partial charge in [-0.2, -0.15) is 0 Å². The van der Waals surface area contributed by atoms with E-state index in [2.05, 4.69) is 89.2 Å². The lowest BCUT2D eigenvalue weighted by molar-refractivity contribution is 0.946. The summed E-state index contributed by atoms with van der Waals surface area (Å²) in [6.45, 7) is 11.0. The van der Waals surface area contributed by atoms with Crippen molar-refractivity contribution in [3.05, 3.63) is 93.5 Å². The summed E-state index contributed by atoms with van der Waals surface area (Å²) in [7, 11) is 0. The Morgan fingerprint density at radius 2 is 1.36 bits per heavy atom. The van der Waals surface area contributed by atoms with Crippen molar-refractivity contribution in [3.8, 4) is 11.1 Å². The topological polar surface area (TPSA) is 0 Å². The van der Waals surface area contributed by atoms with Crippen LogP contribution in [-0.2, 0) is 12.8 Å². The molecule has 3 aromatic carbocycles. The minimum Gasteiger partial charge on any atom is -0.0590 e. The zero-order chi connectivity index (χ0) is 18.0. The summed E-state index contributed by atoms with van der Waals surface area (Å²) >= 11 is 0. The summed E-state index contributed by atoms with van der Waals surface area (Å²) in [5, 5.41) is 0. The molecule has 0 amide bonds. The summed E-state index contributed by atoms with van der Waals surface area (Å²) in [5.41, 5.74) is 12.4. The lowest BCUT2D eigenvalue weighted by Gasteiger charge is -2.12. The molecule has 3 aromatic rings. The SMILES string of the molecule is Cc1ccc(CCc2ccc(-c3ccc(C)c(C)c3)c(C)c2)c(C)c1. The van der Waals surface area contributed by atoms with Gasteiger partial charge < -0.3 is 0 Å². The number of hydrogen-bond acceptors (Lipinski definition) is 0. The van der Waals surface area contributed by atoms with Crippen LogP contribution in [0.5, 0.6) is 0 Å². The third-order valence-corrected chi connectivity index (χ3v) is 5.29. The van der Waals surface area contributed by atoms with E-state index < -0.39 is 0 Å². The summed E-state index contributed by atoms with van der Waals surface area (Å²) in [6.07, 6.45) is 2.20. The molecule has 0 heteroatoms. The quantitative estimate of drug-likeness (QED) is 0.501. The van der Waals surface area contributed by atoms with Gasteiger partial charge in [0.15, 0.2) is 0 Å². The Kier molecular flexibility index (Phi) is 5.08. The second kappa shape index (κ2) is 7.27. The van der Waals surface area contributed by atoms with Gasteiger partial charge in [0.25, 0.3) is 0 Å². The van der Waals surface area contributed by atoms with Gasteiger partial charge in [-0.05, 0) is 92.0 Å². The number of aryl methyl sites for hydroxylation is 7. The molecule has 3 rings (SSSR count). The van der Waals surface area contributed by atoms with Crippen LogP contribution in [0, 0.1) is 34.6 Å². The minimum absolute atomic E-state index is 1.10. The van der Waals surface area contributed by atoms with Gasteiger partial charge in [0.2, 0.25) is 0 Å². The zero-order valence-electron chi connectivity index (χ0n) is 16.1. The van der Waals surface area contributed by atoms with E-state index in [-0.39, 0.29) is 0 Å². The molecule has 0 saturated carbocycles. The van der Waals surface area contributed by atoms with E-state index in [4.69, 9.17) is 0 Å². The molecule has 0 bridgehead atoms.